The first-order valence-electron chi connectivity index (χ1n) is 4.89. The zero-order chi connectivity index (χ0) is 11.7. The third-order valence-corrected chi connectivity index (χ3v) is 4.75. The fraction of sp³-hybridized carbons (Fsp3) is 0.800. The van der Waals surface area contributed by atoms with Crippen molar-refractivity contribution in [3.05, 3.63) is 0 Å². The Morgan fingerprint density at radius 2 is 2.20 bits per heavy atom. The number of carbonyl (C=O) groups excluding carboxylic acids is 1. The van der Waals surface area contributed by atoms with Crippen molar-refractivity contribution in [3.63, 3.8) is 0 Å². The Labute approximate surface area is 96.7 Å². The average molecular weight is 249 g/mol. The average Bonchev–Trinajstić information content (AvgIpc) is 2.93. The van der Waals surface area contributed by atoms with Crippen molar-refractivity contribution in [2.24, 2.45) is 4.99 Å². The number of carbonyl (C=O) groups is 1. The third-order valence-electron chi connectivity index (χ3n) is 2.79. The summed E-state index contributed by atoms with van der Waals surface area (Å²) in [4.78, 5) is 15.1. The van der Waals surface area contributed by atoms with E-state index in [0.29, 0.717) is 18.3 Å². The molecule has 1 aliphatic carbocycles. The van der Waals surface area contributed by atoms with Gasteiger partial charge in [-0.2, -0.15) is 11.8 Å². The van der Waals surface area contributed by atoms with Crippen LogP contribution in [-0.2, 0) is 4.79 Å². The molecule has 86 valence electrons. The smallest absolute Gasteiger partial charge is 0.152 e. The molecule has 2 unspecified atom stereocenters. The predicted molar refractivity (Wildman–Crippen MR) is 67.7 cm³/mol. The van der Waals surface area contributed by atoms with Gasteiger partial charge in [-0.1, -0.05) is 9.24 Å². The number of hydrogen-bond donors (Lipinski definition) is 0. The fourth-order valence-electron chi connectivity index (χ4n) is 1.10. The fourth-order valence-corrected chi connectivity index (χ4v) is 1.90. The summed E-state index contributed by atoms with van der Waals surface area (Å²) in [5, 5.41) is 0. The van der Waals surface area contributed by atoms with Gasteiger partial charge in [-0.15, -0.1) is 0 Å². The van der Waals surface area contributed by atoms with Gasteiger partial charge >= 0.3 is 0 Å². The number of rotatable bonds is 5. The highest BCUT2D eigenvalue weighted by atomic mass is 32.2. The topological polar surface area (TPSA) is 29.4 Å². The molecule has 2 atom stereocenters. The summed E-state index contributed by atoms with van der Waals surface area (Å²) in [6.07, 6.45) is 3.78. The normalized spacial score (nSPS) is 22.3. The van der Waals surface area contributed by atoms with Crippen LogP contribution in [0.5, 0.6) is 0 Å². The second-order valence-corrected chi connectivity index (χ2v) is 6.38. The predicted octanol–water partition coefficient (Wildman–Crippen LogP) is 2.47. The van der Waals surface area contributed by atoms with Gasteiger partial charge in [0, 0.05) is 4.75 Å². The number of aldehydes is 1. The van der Waals surface area contributed by atoms with Crippen LogP contribution >= 0.6 is 21.0 Å². The molecule has 0 radical (unpaired) electrons. The SMILES string of the molecule is CSC(C)(C)C(C=O)N=C(P)C1(F)CC1. The molecule has 0 aromatic carbocycles. The van der Waals surface area contributed by atoms with Gasteiger partial charge in [0.2, 0.25) is 0 Å². The first-order valence-corrected chi connectivity index (χ1v) is 6.69. The van der Waals surface area contributed by atoms with E-state index < -0.39 is 11.7 Å². The van der Waals surface area contributed by atoms with E-state index in [-0.39, 0.29) is 4.75 Å². The molecule has 0 aromatic heterocycles. The van der Waals surface area contributed by atoms with Crippen LogP contribution in [0.4, 0.5) is 4.39 Å². The number of aliphatic imine (C=N–C) groups is 1. The molecule has 1 saturated carbocycles. The molecule has 15 heavy (non-hydrogen) atoms. The van der Waals surface area contributed by atoms with Gasteiger partial charge in [-0.05, 0) is 32.9 Å². The maximum absolute atomic E-state index is 13.6. The van der Waals surface area contributed by atoms with E-state index >= 15 is 0 Å². The van der Waals surface area contributed by atoms with E-state index in [1.54, 1.807) is 11.8 Å². The molecule has 0 heterocycles. The number of thioether (sulfide) groups is 1. The molecule has 0 amide bonds. The summed E-state index contributed by atoms with van der Waals surface area (Å²) < 4.78 is 13.3. The molecule has 0 bridgehead atoms. The van der Waals surface area contributed by atoms with Gasteiger partial charge in [0.25, 0.3) is 0 Å². The Hall–Kier alpha value is 0.0500. The van der Waals surface area contributed by atoms with E-state index in [1.165, 1.54) is 0 Å². The second kappa shape index (κ2) is 4.50. The molecule has 1 rings (SSSR count). The van der Waals surface area contributed by atoms with Crippen molar-refractivity contribution in [3.8, 4) is 0 Å². The first-order chi connectivity index (χ1) is 6.85. The monoisotopic (exact) mass is 249 g/mol. The Bertz CT molecular complexity index is 289. The largest absolute Gasteiger partial charge is 0.301 e. The number of nitrogens with zero attached hydrogens (tertiary/aromatic N) is 1. The molecule has 0 aliphatic heterocycles. The van der Waals surface area contributed by atoms with E-state index in [9.17, 15) is 9.18 Å². The highest BCUT2D eigenvalue weighted by Crippen LogP contribution is 2.43. The van der Waals surface area contributed by atoms with Crippen molar-refractivity contribution in [1.82, 2.24) is 0 Å². The number of alkyl halides is 1. The highest BCUT2D eigenvalue weighted by Gasteiger charge is 2.47. The number of halogens is 1. The zero-order valence-corrected chi connectivity index (χ0v) is 11.3. The third kappa shape index (κ3) is 3.01. The van der Waals surface area contributed by atoms with Crippen LogP contribution in [-0.4, -0.2) is 34.5 Å². The van der Waals surface area contributed by atoms with Crippen molar-refractivity contribution < 1.29 is 9.18 Å². The van der Waals surface area contributed by atoms with Crippen molar-refractivity contribution >= 4 is 32.7 Å². The Morgan fingerprint density at radius 3 is 2.53 bits per heavy atom. The molecule has 0 N–H and O–H groups in total. The molecular formula is C10H17FNOPS. The Kier molecular flexibility index (Phi) is 3.94. The summed E-state index contributed by atoms with van der Waals surface area (Å²) in [5.41, 5.74) is -0.859. The van der Waals surface area contributed by atoms with Crippen molar-refractivity contribution in [2.75, 3.05) is 6.26 Å². The van der Waals surface area contributed by atoms with Crippen LogP contribution in [0.3, 0.4) is 0 Å². The molecule has 1 fully saturated rings. The summed E-state index contributed by atoms with van der Waals surface area (Å²) >= 11 is 1.56. The maximum Gasteiger partial charge on any atom is 0.152 e. The molecule has 0 aromatic rings. The first kappa shape index (κ1) is 13.1. The lowest BCUT2D eigenvalue weighted by Gasteiger charge is -2.26. The van der Waals surface area contributed by atoms with E-state index in [1.807, 2.05) is 20.1 Å². The minimum Gasteiger partial charge on any atom is -0.301 e. The molecule has 5 heteroatoms. The molecular weight excluding hydrogens is 232 g/mol. The summed E-state index contributed by atoms with van der Waals surface area (Å²) in [7, 11) is 2.33. The van der Waals surface area contributed by atoms with E-state index in [2.05, 4.69) is 14.2 Å². The lowest BCUT2D eigenvalue weighted by Crippen LogP contribution is -2.34. The van der Waals surface area contributed by atoms with Gasteiger partial charge in [0.15, 0.2) is 5.67 Å². The summed E-state index contributed by atoms with van der Waals surface area (Å²) in [6, 6.07) is -0.478. The molecule has 0 spiro atoms. The second-order valence-electron chi connectivity index (χ2n) is 4.37. The highest BCUT2D eigenvalue weighted by molar-refractivity contribution is 8.00. The van der Waals surface area contributed by atoms with Gasteiger partial charge in [-0.25, -0.2) is 4.39 Å². The van der Waals surface area contributed by atoms with Crippen LogP contribution < -0.4 is 0 Å². The lowest BCUT2D eigenvalue weighted by molar-refractivity contribution is -0.109. The quantitative estimate of drug-likeness (QED) is 0.425. The Morgan fingerprint density at radius 1 is 1.67 bits per heavy atom. The van der Waals surface area contributed by atoms with Gasteiger partial charge in [0.1, 0.15) is 12.3 Å². The number of hydrogen-bond acceptors (Lipinski definition) is 3. The Balaban J connectivity index is 2.80. The minimum atomic E-state index is -1.25. The van der Waals surface area contributed by atoms with Crippen molar-refractivity contribution in [2.45, 2.75) is 43.1 Å². The molecule has 2 nitrogen and oxygen atoms in total. The minimum absolute atomic E-state index is 0.283. The van der Waals surface area contributed by atoms with Crippen LogP contribution in [0.1, 0.15) is 26.7 Å². The van der Waals surface area contributed by atoms with Gasteiger partial charge in [0.05, 0.1) is 5.45 Å². The van der Waals surface area contributed by atoms with Gasteiger partial charge < -0.3 is 4.79 Å². The zero-order valence-electron chi connectivity index (χ0n) is 9.29. The van der Waals surface area contributed by atoms with Crippen LogP contribution in [0.25, 0.3) is 0 Å². The van der Waals surface area contributed by atoms with E-state index in [0.717, 1.165) is 6.29 Å². The molecule has 0 saturated heterocycles. The van der Waals surface area contributed by atoms with Crippen LogP contribution in [0, 0.1) is 0 Å². The molecule has 1 aliphatic rings. The lowest BCUT2D eigenvalue weighted by atomic mass is 10.1. The van der Waals surface area contributed by atoms with Crippen molar-refractivity contribution in [1.29, 1.82) is 0 Å². The van der Waals surface area contributed by atoms with Gasteiger partial charge in [-0.3, -0.25) is 4.99 Å². The van der Waals surface area contributed by atoms with Crippen LogP contribution in [0.2, 0.25) is 0 Å². The maximum atomic E-state index is 13.6. The summed E-state index contributed by atoms with van der Waals surface area (Å²) in [5.74, 6) is 0. The van der Waals surface area contributed by atoms with Crippen LogP contribution in [0.15, 0.2) is 4.99 Å². The standard InChI is InChI=1S/C10H17FNOPS/c1-9(2,15-3)7(6-13)12-8(14)10(11)4-5-10/h6-7H,4-5,14H2,1-3H3. The summed E-state index contributed by atoms with van der Waals surface area (Å²) in [6.45, 7) is 3.88. The van der Waals surface area contributed by atoms with E-state index in [4.69, 9.17) is 0 Å².